The van der Waals surface area contributed by atoms with Crippen molar-refractivity contribution in [3.05, 3.63) is 37.6 Å². The third kappa shape index (κ3) is 3.40. The number of benzene rings is 1. The Kier molecular flexibility index (Phi) is 5.61. The number of phenols is 1. The lowest BCUT2D eigenvalue weighted by atomic mass is 10.1. The Hall–Kier alpha value is -2.14. The van der Waals surface area contributed by atoms with Crippen LogP contribution in [-0.2, 0) is 14.9 Å². The molecule has 0 fully saturated rings. The Labute approximate surface area is 154 Å². The molecule has 0 aliphatic heterocycles. The molecule has 0 amide bonds. The van der Waals surface area contributed by atoms with E-state index >= 15 is 0 Å². The molecule has 142 valence electrons. The highest BCUT2D eigenvalue weighted by molar-refractivity contribution is 7.89. The van der Waals surface area contributed by atoms with Crippen molar-refractivity contribution in [2.45, 2.75) is 24.8 Å². The first-order valence-electron chi connectivity index (χ1n) is 7.43. The summed E-state index contributed by atoms with van der Waals surface area (Å²) in [5.74, 6) is -0.704. The van der Waals surface area contributed by atoms with Crippen LogP contribution in [0.2, 0.25) is 5.02 Å². The number of nitrogens with one attached hydrogen (secondary N) is 2. The molecule has 2 rings (SSSR count). The molecule has 0 aliphatic rings. The van der Waals surface area contributed by atoms with Crippen molar-refractivity contribution < 1.29 is 18.4 Å². The van der Waals surface area contributed by atoms with Crippen molar-refractivity contribution in [1.29, 1.82) is 0 Å². The van der Waals surface area contributed by atoms with Crippen LogP contribution in [-0.4, -0.2) is 38.2 Å². The summed E-state index contributed by atoms with van der Waals surface area (Å²) in [6.07, 6.45) is 0. The molecule has 0 aliphatic carbocycles. The van der Waals surface area contributed by atoms with E-state index in [1.54, 1.807) is 13.8 Å². The first-order valence-corrected chi connectivity index (χ1v) is 9.25. The van der Waals surface area contributed by atoms with Crippen LogP contribution in [0.3, 0.4) is 0 Å². The lowest BCUT2D eigenvalue weighted by Crippen LogP contribution is -2.38. The van der Waals surface area contributed by atoms with Crippen molar-refractivity contribution in [1.82, 2.24) is 4.47 Å². The van der Waals surface area contributed by atoms with E-state index in [0.717, 1.165) is 14.2 Å². The number of hydroxylamine groups is 1. The maximum Gasteiger partial charge on any atom is 0.269 e. The van der Waals surface area contributed by atoms with Gasteiger partial charge in [-0.15, -0.1) is 0 Å². The van der Waals surface area contributed by atoms with E-state index in [-0.39, 0.29) is 28.1 Å². The molecule has 2 aromatic rings. The molecular weight excluding hydrogens is 386 g/mol. The molecule has 0 aromatic heterocycles. The Morgan fingerprint density at radius 3 is 2.31 bits per heavy atom. The zero-order chi connectivity index (χ0) is 19.8. The van der Waals surface area contributed by atoms with Crippen molar-refractivity contribution in [3.63, 3.8) is 0 Å². The predicted molar refractivity (Wildman–Crippen MR) is 98.5 cm³/mol. The second-order valence-electron chi connectivity index (χ2n) is 5.70. The smallest absolute Gasteiger partial charge is 0.269 e. The monoisotopic (exact) mass is 403 g/mol. The molecule has 3 N–H and O–H groups in total. The summed E-state index contributed by atoms with van der Waals surface area (Å²) in [6, 6.07) is 2.42. The lowest BCUT2D eigenvalue weighted by molar-refractivity contribution is -0.0259. The third-order valence-corrected chi connectivity index (χ3v) is 5.72. The van der Waals surface area contributed by atoms with Gasteiger partial charge in [-0.1, -0.05) is 16.1 Å². The topological polar surface area (TPSA) is 125 Å². The third-order valence-electron chi connectivity index (χ3n) is 3.54. The zero-order valence-corrected chi connectivity index (χ0v) is 16.0. The highest BCUT2D eigenvalue weighted by Crippen LogP contribution is 2.39. The number of hydrogen-bond donors (Lipinski definition) is 3. The fraction of sp³-hybridized carbons (Fsp3) is 0.333. The van der Waals surface area contributed by atoms with Crippen LogP contribution < -0.4 is 21.5 Å². The van der Waals surface area contributed by atoms with Gasteiger partial charge in [-0.2, -0.15) is 0 Å². The maximum absolute atomic E-state index is 12.4. The molecule has 0 spiro atoms. The average molecular weight is 404 g/mol. The van der Waals surface area contributed by atoms with Crippen LogP contribution >= 0.6 is 11.6 Å². The summed E-state index contributed by atoms with van der Waals surface area (Å²) < 4.78 is 25.4. The van der Waals surface area contributed by atoms with Crippen LogP contribution in [0.15, 0.2) is 26.6 Å². The minimum atomic E-state index is -4.25. The van der Waals surface area contributed by atoms with Crippen LogP contribution in [0.5, 0.6) is 5.75 Å². The number of hydrogen-bond acceptors (Lipinski definition) is 8. The number of rotatable bonds is 7. The van der Waals surface area contributed by atoms with Gasteiger partial charge in [0.2, 0.25) is 0 Å². The van der Waals surface area contributed by atoms with Gasteiger partial charge >= 0.3 is 0 Å². The first-order chi connectivity index (χ1) is 12.0. The summed E-state index contributed by atoms with van der Waals surface area (Å²) >= 11 is 5.93. The van der Waals surface area contributed by atoms with E-state index in [2.05, 4.69) is 15.5 Å². The molecule has 26 heavy (non-hydrogen) atoms. The summed E-state index contributed by atoms with van der Waals surface area (Å²) in [5, 5.41) is 15.6. The highest BCUT2D eigenvalue weighted by Gasteiger charge is 2.30. The van der Waals surface area contributed by atoms with Gasteiger partial charge in [-0.05, 0) is 26.0 Å². The number of halogens is 1. The number of phenolic OH excluding ortho intramolecular Hbond substituents is 1. The SMILES string of the molecule is CON(C)S(=O)(=O)c1c(Cl)ccc(Nc2c(NC(C)C)c(=O)c2=O)c1O. The number of sulfonamides is 1. The fourth-order valence-corrected chi connectivity index (χ4v) is 3.76. The summed E-state index contributed by atoms with van der Waals surface area (Å²) in [5.41, 5.74) is -1.57. The van der Waals surface area contributed by atoms with Gasteiger partial charge in [0.1, 0.15) is 16.3 Å². The molecule has 0 radical (unpaired) electrons. The van der Waals surface area contributed by atoms with E-state index in [1.165, 1.54) is 12.1 Å². The maximum atomic E-state index is 12.4. The molecule has 0 saturated heterocycles. The molecule has 0 bridgehead atoms. The van der Waals surface area contributed by atoms with Crippen molar-refractivity contribution in [2.75, 3.05) is 24.8 Å². The van der Waals surface area contributed by atoms with Crippen LogP contribution in [0.25, 0.3) is 0 Å². The largest absolute Gasteiger partial charge is 0.504 e. The van der Waals surface area contributed by atoms with Gasteiger partial charge in [0.05, 0.1) is 17.8 Å². The van der Waals surface area contributed by atoms with Gasteiger partial charge < -0.3 is 15.7 Å². The van der Waals surface area contributed by atoms with E-state index in [1.807, 2.05) is 0 Å². The molecule has 9 nitrogen and oxygen atoms in total. The minimum Gasteiger partial charge on any atom is -0.504 e. The standard InChI is InChI=1S/C15H18ClN3O6S/c1-7(2)17-10-11(14(22)13(10)21)18-9-6-5-8(16)15(12(9)20)26(23,24)19(3)25-4/h5-7,17-18,20H,1-4H3. The predicted octanol–water partition coefficient (Wildman–Crippen LogP) is 1.39. The number of anilines is 3. The Bertz CT molecular complexity index is 1010. The van der Waals surface area contributed by atoms with Gasteiger partial charge in [0.25, 0.3) is 20.9 Å². The second kappa shape index (κ2) is 7.23. The Balaban J connectivity index is 2.52. The fourth-order valence-electron chi connectivity index (χ4n) is 2.19. The van der Waals surface area contributed by atoms with Gasteiger partial charge in [-0.25, -0.2) is 8.42 Å². The van der Waals surface area contributed by atoms with Crippen LogP contribution in [0, 0.1) is 0 Å². The van der Waals surface area contributed by atoms with E-state index < -0.39 is 31.5 Å². The highest BCUT2D eigenvalue weighted by atomic mass is 35.5. The quantitative estimate of drug-likeness (QED) is 0.360. The molecule has 0 saturated carbocycles. The molecule has 0 unspecified atom stereocenters. The molecular formula is C15H18ClN3O6S. The average Bonchev–Trinajstić information content (AvgIpc) is 2.57. The zero-order valence-electron chi connectivity index (χ0n) is 14.5. The summed E-state index contributed by atoms with van der Waals surface area (Å²) in [7, 11) is -1.98. The lowest BCUT2D eigenvalue weighted by Gasteiger charge is -2.20. The van der Waals surface area contributed by atoms with Crippen molar-refractivity contribution in [3.8, 4) is 5.75 Å². The van der Waals surface area contributed by atoms with Crippen molar-refractivity contribution >= 4 is 38.7 Å². The molecule has 0 heterocycles. The van der Waals surface area contributed by atoms with Crippen molar-refractivity contribution in [2.24, 2.45) is 0 Å². The van der Waals surface area contributed by atoms with Gasteiger partial charge in [0.15, 0.2) is 5.75 Å². The number of nitrogens with zero attached hydrogens (tertiary/aromatic N) is 1. The Morgan fingerprint density at radius 2 is 1.77 bits per heavy atom. The summed E-state index contributed by atoms with van der Waals surface area (Å²) in [6.45, 7) is 3.57. The van der Waals surface area contributed by atoms with Gasteiger partial charge in [0, 0.05) is 13.1 Å². The van der Waals surface area contributed by atoms with E-state index in [4.69, 9.17) is 11.6 Å². The van der Waals surface area contributed by atoms with Crippen LogP contribution in [0.1, 0.15) is 13.8 Å². The Morgan fingerprint density at radius 1 is 1.19 bits per heavy atom. The first kappa shape index (κ1) is 20.2. The molecule has 11 heteroatoms. The minimum absolute atomic E-state index is 0.0650. The summed E-state index contributed by atoms with van der Waals surface area (Å²) in [4.78, 5) is 27.6. The number of aromatic hydroxyl groups is 1. The van der Waals surface area contributed by atoms with E-state index in [9.17, 15) is 23.1 Å². The normalized spacial score (nSPS) is 12.1. The van der Waals surface area contributed by atoms with Crippen LogP contribution in [0.4, 0.5) is 17.1 Å². The second-order valence-corrected chi connectivity index (χ2v) is 7.98. The van der Waals surface area contributed by atoms with Gasteiger partial charge in [-0.3, -0.25) is 14.4 Å². The molecule has 2 aromatic carbocycles. The molecule has 0 atom stereocenters. The van der Waals surface area contributed by atoms with E-state index in [0.29, 0.717) is 4.47 Å².